The molecule has 0 aliphatic rings. The topological polar surface area (TPSA) is 252 Å². The summed E-state index contributed by atoms with van der Waals surface area (Å²) in [5.41, 5.74) is 11.0. The molecule has 0 spiro atoms. The van der Waals surface area contributed by atoms with Crippen LogP contribution in [0.25, 0.3) is 0 Å². The summed E-state index contributed by atoms with van der Waals surface area (Å²) >= 11 is 4.64. The van der Waals surface area contributed by atoms with Crippen LogP contribution in [-0.4, -0.2) is 41.9 Å². The molecule has 0 bridgehead atoms. The lowest BCUT2D eigenvalue weighted by atomic mass is 10.4. The Morgan fingerprint density at radius 3 is 1.42 bits per heavy atom. The van der Waals surface area contributed by atoms with E-state index in [1.54, 1.807) is 12.1 Å². The molecule has 2 amide bonds. The van der Waals surface area contributed by atoms with Gasteiger partial charge < -0.3 is 22.1 Å². The highest BCUT2D eigenvalue weighted by Crippen LogP contribution is 2.11. The molecule has 16 nitrogen and oxygen atoms in total. The molecule has 0 aliphatic carbocycles. The van der Waals surface area contributed by atoms with Crippen molar-refractivity contribution in [1.29, 1.82) is 0 Å². The largest absolute Gasteiger partial charge is 0.397 e. The zero-order valence-electron chi connectivity index (χ0n) is 20.3. The summed E-state index contributed by atoms with van der Waals surface area (Å²) in [5.74, 6) is 0.707. The number of nitrogen functional groups attached to an aromatic ring is 2. The van der Waals surface area contributed by atoms with Gasteiger partial charge in [-0.1, -0.05) is 0 Å². The molecule has 3 aromatic heterocycles. The van der Waals surface area contributed by atoms with Crippen molar-refractivity contribution in [1.82, 2.24) is 15.0 Å². The normalized spacial score (nSPS) is 8.95. The van der Waals surface area contributed by atoms with Gasteiger partial charge in [-0.05, 0) is 35.9 Å². The third kappa shape index (κ3) is 16.4. The van der Waals surface area contributed by atoms with Crippen molar-refractivity contribution >= 4 is 63.2 Å². The number of pyridine rings is 3. The Labute approximate surface area is 220 Å². The fourth-order valence-corrected chi connectivity index (χ4v) is 1.91. The van der Waals surface area contributed by atoms with Crippen molar-refractivity contribution in [3.8, 4) is 0 Å². The molecule has 0 aromatic carbocycles. The van der Waals surface area contributed by atoms with Crippen molar-refractivity contribution in [3.63, 3.8) is 0 Å². The van der Waals surface area contributed by atoms with E-state index in [4.69, 9.17) is 11.5 Å². The minimum absolute atomic E-state index is 0.0470. The summed E-state index contributed by atoms with van der Waals surface area (Å²) < 4.78 is 0. The Morgan fingerprint density at radius 1 is 0.737 bits per heavy atom. The van der Waals surface area contributed by atoms with Gasteiger partial charge in [-0.15, -0.1) is 0 Å². The van der Waals surface area contributed by atoms with Gasteiger partial charge in [0.2, 0.25) is 17.1 Å². The van der Waals surface area contributed by atoms with E-state index >= 15 is 0 Å². The monoisotopic (exact) mass is 549 g/mol. The standard InChI is InChI=1S/C7H7N3O3.C7H9N3O.C5H5N3O2.C2H3ClO/c1-5(11)9-7-3-2-6(4-8-7)10(12)13;1-5(11)10-7-3-2-6(8)4-9-7;6-5-2-1-4(3-7-5)8(9)10;1-2(3)4/h2-4H,1H3,(H,8,9,11);2-4H,8H2,1H3,(H,9,10,11);1-3H,(H2,6,7);1H3. The Hall–Kier alpha value is -5.25. The molecule has 202 valence electrons. The number of hydrogen-bond acceptors (Lipinski definition) is 12. The van der Waals surface area contributed by atoms with E-state index in [0.29, 0.717) is 17.3 Å². The molecule has 0 fully saturated rings. The van der Waals surface area contributed by atoms with Crippen LogP contribution in [0, 0.1) is 20.2 Å². The van der Waals surface area contributed by atoms with E-state index in [1.807, 2.05) is 0 Å². The summed E-state index contributed by atoms with van der Waals surface area (Å²) in [5, 5.41) is 24.8. The molecule has 17 heteroatoms. The number of rotatable bonds is 4. The number of carbonyl (C=O) groups is 3. The first kappa shape index (κ1) is 32.8. The number of anilines is 4. The Kier molecular flexibility index (Phi) is 14.8. The van der Waals surface area contributed by atoms with Crippen LogP contribution in [-0.2, 0) is 14.4 Å². The third-order valence-corrected chi connectivity index (χ3v) is 3.33. The van der Waals surface area contributed by atoms with E-state index in [9.17, 15) is 34.6 Å². The van der Waals surface area contributed by atoms with Gasteiger partial charge in [0.25, 0.3) is 11.4 Å². The lowest BCUT2D eigenvalue weighted by Gasteiger charge is -1.99. The number of nitro groups is 2. The predicted octanol–water partition coefficient (Wildman–Crippen LogP) is 2.91. The summed E-state index contributed by atoms with van der Waals surface area (Å²) in [6.45, 7) is 4.06. The van der Waals surface area contributed by atoms with Crippen LogP contribution >= 0.6 is 11.6 Å². The highest BCUT2D eigenvalue weighted by Gasteiger charge is 2.05. The van der Waals surface area contributed by atoms with Crippen LogP contribution in [0.2, 0.25) is 0 Å². The van der Waals surface area contributed by atoms with Crippen LogP contribution in [0.3, 0.4) is 0 Å². The fourth-order valence-electron chi connectivity index (χ4n) is 1.91. The Bertz CT molecular complexity index is 1220. The number of nitrogens with two attached hydrogens (primary N) is 2. The molecular weight excluding hydrogens is 526 g/mol. The molecule has 38 heavy (non-hydrogen) atoms. The number of carbonyl (C=O) groups excluding carboxylic acids is 3. The van der Waals surface area contributed by atoms with Crippen LogP contribution in [0.4, 0.5) is 34.5 Å². The minimum atomic E-state index is -0.551. The van der Waals surface area contributed by atoms with E-state index in [1.165, 1.54) is 51.2 Å². The SMILES string of the molecule is CC(=O)Cl.CC(=O)Nc1ccc(N)cn1.CC(=O)Nc1ccc([N+](=O)[O-])cn1.Nc1ccc([N+](=O)[O-])cn1. The summed E-state index contributed by atoms with van der Waals surface area (Å²) in [6, 6.07) is 8.67. The van der Waals surface area contributed by atoms with Crippen molar-refractivity contribution in [2.75, 3.05) is 22.1 Å². The zero-order valence-corrected chi connectivity index (χ0v) is 21.1. The number of amides is 2. The maximum absolute atomic E-state index is 10.5. The van der Waals surface area contributed by atoms with Crippen molar-refractivity contribution in [2.45, 2.75) is 20.8 Å². The van der Waals surface area contributed by atoms with Gasteiger partial charge >= 0.3 is 0 Å². The Balaban J connectivity index is 0.000000508. The highest BCUT2D eigenvalue weighted by atomic mass is 35.5. The third-order valence-electron chi connectivity index (χ3n) is 3.33. The predicted molar refractivity (Wildman–Crippen MR) is 140 cm³/mol. The summed E-state index contributed by atoms with van der Waals surface area (Å²) in [4.78, 5) is 60.5. The second-order valence-electron chi connectivity index (χ2n) is 6.67. The van der Waals surface area contributed by atoms with Gasteiger partial charge in [0.05, 0.1) is 21.7 Å². The van der Waals surface area contributed by atoms with E-state index in [2.05, 4.69) is 37.2 Å². The van der Waals surface area contributed by atoms with Crippen molar-refractivity contribution in [3.05, 3.63) is 75.2 Å². The highest BCUT2D eigenvalue weighted by molar-refractivity contribution is 6.62. The molecule has 3 heterocycles. The molecule has 0 aliphatic heterocycles. The van der Waals surface area contributed by atoms with Gasteiger partial charge in [0.15, 0.2) is 0 Å². The fraction of sp³-hybridized carbons (Fsp3) is 0.143. The molecule has 0 radical (unpaired) electrons. The molecule has 0 saturated carbocycles. The van der Waals surface area contributed by atoms with Crippen LogP contribution in [0.15, 0.2) is 55.0 Å². The first-order valence-electron chi connectivity index (χ1n) is 10.1. The van der Waals surface area contributed by atoms with E-state index in [-0.39, 0.29) is 34.2 Å². The van der Waals surface area contributed by atoms with Gasteiger partial charge in [-0.2, -0.15) is 0 Å². The van der Waals surface area contributed by atoms with Crippen molar-refractivity contribution < 1.29 is 24.2 Å². The average molecular weight is 550 g/mol. The zero-order chi connectivity index (χ0) is 29.3. The smallest absolute Gasteiger partial charge is 0.287 e. The Morgan fingerprint density at radius 2 is 1.13 bits per heavy atom. The lowest BCUT2D eigenvalue weighted by molar-refractivity contribution is -0.385. The number of aromatic nitrogens is 3. The number of halogens is 1. The number of hydrogen-bond donors (Lipinski definition) is 4. The molecule has 0 unspecified atom stereocenters. The van der Waals surface area contributed by atoms with Gasteiger partial charge in [-0.3, -0.25) is 34.6 Å². The second kappa shape index (κ2) is 17.2. The van der Waals surface area contributed by atoms with Crippen LogP contribution < -0.4 is 22.1 Å². The average Bonchev–Trinajstić information content (AvgIpc) is 2.81. The lowest BCUT2D eigenvalue weighted by Crippen LogP contribution is -2.07. The van der Waals surface area contributed by atoms with Crippen LogP contribution in [0.1, 0.15) is 20.8 Å². The quantitative estimate of drug-likeness (QED) is 0.208. The maximum atomic E-state index is 10.5. The second-order valence-corrected chi connectivity index (χ2v) is 7.20. The number of nitrogens with zero attached hydrogens (tertiary/aromatic N) is 5. The molecular formula is C21H24ClN9O7. The first-order chi connectivity index (χ1) is 17.7. The van der Waals surface area contributed by atoms with Crippen molar-refractivity contribution in [2.24, 2.45) is 0 Å². The molecule has 6 N–H and O–H groups in total. The molecule has 3 rings (SSSR count). The molecule has 0 saturated heterocycles. The minimum Gasteiger partial charge on any atom is -0.397 e. The van der Waals surface area contributed by atoms with Gasteiger partial charge in [0.1, 0.15) is 29.8 Å². The maximum Gasteiger partial charge on any atom is 0.287 e. The van der Waals surface area contributed by atoms with E-state index < -0.39 is 9.85 Å². The number of nitrogens with one attached hydrogen (secondary N) is 2. The van der Waals surface area contributed by atoms with Gasteiger partial charge in [-0.25, -0.2) is 15.0 Å². The summed E-state index contributed by atoms with van der Waals surface area (Å²) in [6.07, 6.45) is 3.70. The van der Waals surface area contributed by atoms with Crippen LogP contribution in [0.5, 0.6) is 0 Å². The first-order valence-corrected chi connectivity index (χ1v) is 10.5. The summed E-state index contributed by atoms with van der Waals surface area (Å²) in [7, 11) is 0. The molecule has 0 atom stereocenters. The van der Waals surface area contributed by atoms with E-state index in [0.717, 1.165) is 12.4 Å². The van der Waals surface area contributed by atoms with Gasteiger partial charge in [0, 0.05) is 32.9 Å². The molecule has 3 aromatic rings.